The first kappa shape index (κ1) is 17.3. The summed E-state index contributed by atoms with van der Waals surface area (Å²) in [4.78, 5) is 23.6. The highest BCUT2D eigenvalue weighted by Gasteiger charge is 2.15. The van der Waals surface area contributed by atoms with E-state index in [-0.39, 0.29) is 23.7 Å². The zero-order chi connectivity index (χ0) is 15.8. The Bertz CT molecular complexity index is 508. The van der Waals surface area contributed by atoms with E-state index in [0.717, 1.165) is 0 Å². The van der Waals surface area contributed by atoms with Crippen LogP contribution in [0.2, 0.25) is 0 Å². The molecule has 116 valence electrons. The Morgan fingerprint density at radius 3 is 2.52 bits per heavy atom. The van der Waals surface area contributed by atoms with Crippen LogP contribution in [0, 0.1) is 0 Å². The summed E-state index contributed by atoms with van der Waals surface area (Å²) in [5, 5.41) is 5.28. The second kappa shape index (κ2) is 8.53. The predicted octanol–water partition coefficient (Wildman–Crippen LogP) is 1.97. The Labute approximate surface area is 128 Å². The van der Waals surface area contributed by atoms with Crippen molar-refractivity contribution in [1.82, 2.24) is 0 Å². The summed E-state index contributed by atoms with van der Waals surface area (Å²) in [5.41, 5.74) is 0.990. The first-order valence-electron chi connectivity index (χ1n) is 6.32. The average Bonchev–Trinajstić information content (AvgIpc) is 2.48. The molecule has 1 aromatic carbocycles. The smallest absolute Gasteiger partial charge is 0.250 e. The van der Waals surface area contributed by atoms with Gasteiger partial charge in [0.25, 0.3) is 0 Å². The summed E-state index contributed by atoms with van der Waals surface area (Å²) in [5.74, 6) is 0.154. The third-order valence-corrected chi connectivity index (χ3v) is 3.68. The number of benzene rings is 1. The quantitative estimate of drug-likeness (QED) is 0.805. The van der Waals surface area contributed by atoms with Crippen molar-refractivity contribution in [2.24, 2.45) is 0 Å². The Kier molecular flexibility index (Phi) is 7.04. The van der Waals surface area contributed by atoms with Gasteiger partial charge in [0.1, 0.15) is 12.4 Å². The topological polar surface area (TPSA) is 76.7 Å². The molecule has 0 spiro atoms. The van der Waals surface area contributed by atoms with Gasteiger partial charge in [-0.05, 0) is 25.3 Å². The van der Waals surface area contributed by atoms with Crippen LogP contribution in [0.5, 0.6) is 5.75 Å². The third-order valence-electron chi connectivity index (χ3n) is 2.76. The maximum absolute atomic E-state index is 12.0. The summed E-state index contributed by atoms with van der Waals surface area (Å²) in [6.45, 7) is 1.75. The Morgan fingerprint density at radius 1 is 1.24 bits per heavy atom. The molecule has 0 aromatic heterocycles. The highest BCUT2D eigenvalue weighted by Crippen LogP contribution is 2.27. The summed E-state index contributed by atoms with van der Waals surface area (Å²) >= 11 is 1.44. The molecular formula is C14H20N2O4S. The summed E-state index contributed by atoms with van der Waals surface area (Å²) in [6, 6.07) is 5.04. The molecule has 1 atom stereocenters. The van der Waals surface area contributed by atoms with Crippen LogP contribution in [0.25, 0.3) is 0 Å². The molecule has 0 radical (unpaired) electrons. The molecule has 0 saturated carbocycles. The van der Waals surface area contributed by atoms with E-state index in [1.165, 1.54) is 26.0 Å². The van der Waals surface area contributed by atoms with Crippen molar-refractivity contribution in [3.05, 3.63) is 18.2 Å². The second-order valence-corrected chi connectivity index (χ2v) is 5.44. The Balaban J connectivity index is 2.96. The molecule has 1 aromatic rings. The number of rotatable bonds is 7. The molecule has 0 heterocycles. The van der Waals surface area contributed by atoms with Crippen molar-refractivity contribution in [3.63, 3.8) is 0 Å². The number of thioether (sulfide) groups is 1. The van der Waals surface area contributed by atoms with Crippen LogP contribution >= 0.6 is 11.8 Å². The number of hydrogen-bond acceptors (Lipinski definition) is 5. The molecule has 7 heteroatoms. The van der Waals surface area contributed by atoms with E-state index in [1.54, 1.807) is 18.2 Å². The fourth-order valence-corrected chi connectivity index (χ4v) is 1.79. The zero-order valence-electron chi connectivity index (χ0n) is 12.6. The highest BCUT2D eigenvalue weighted by atomic mass is 32.2. The van der Waals surface area contributed by atoms with E-state index in [0.29, 0.717) is 17.1 Å². The van der Waals surface area contributed by atoms with Crippen molar-refractivity contribution in [1.29, 1.82) is 0 Å². The lowest BCUT2D eigenvalue weighted by Gasteiger charge is -2.15. The monoisotopic (exact) mass is 312 g/mol. The molecule has 1 rings (SSSR count). The van der Waals surface area contributed by atoms with Gasteiger partial charge >= 0.3 is 0 Å². The number of carbonyl (C=O) groups excluding carboxylic acids is 2. The van der Waals surface area contributed by atoms with Gasteiger partial charge in [0.05, 0.1) is 23.7 Å². The van der Waals surface area contributed by atoms with Gasteiger partial charge in [-0.1, -0.05) is 0 Å². The number of ether oxygens (including phenoxy) is 2. The number of amides is 2. The molecule has 0 bridgehead atoms. The van der Waals surface area contributed by atoms with E-state index in [1.807, 2.05) is 13.2 Å². The number of nitrogens with one attached hydrogen (secondary N) is 2. The Hall–Kier alpha value is -1.73. The van der Waals surface area contributed by atoms with Crippen molar-refractivity contribution in [3.8, 4) is 5.75 Å². The van der Waals surface area contributed by atoms with Crippen molar-refractivity contribution in [2.45, 2.75) is 12.2 Å². The first-order valence-corrected chi connectivity index (χ1v) is 7.61. The maximum atomic E-state index is 12.0. The fraction of sp³-hybridized carbons (Fsp3) is 0.429. The van der Waals surface area contributed by atoms with Gasteiger partial charge in [-0.15, -0.1) is 0 Å². The van der Waals surface area contributed by atoms with E-state index in [2.05, 4.69) is 10.6 Å². The predicted molar refractivity (Wildman–Crippen MR) is 85.1 cm³/mol. The number of hydrogen-bond donors (Lipinski definition) is 2. The Morgan fingerprint density at radius 2 is 1.95 bits per heavy atom. The van der Waals surface area contributed by atoms with Crippen LogP contribution in [0.4, 0.5) is 11.4 Å². The van der Waals surface area contributed by atoms with Crippen LogP contribution in [-0.4, -0.2) is 44.1 Å². The molecular weight excluding hydrogens is 292 g/mol. The van der Waals surface area contributed by atoms with Crippen LogP contribution in [0.1, 0.15) is 6.92 Å². The van der Waals surface area contributed by atoms with Crippen molar-refractivity contribution >= 4 is 35.0 Å². The molecule has 6 nitrogen and oxygen atoms in total. The van der Waals surface area contributed by atoms with Gasteiger partial charge < -0.3 is 20.1 Å². The molecule has 2 N–H and O–H groups in total. The average molecular weight is 312 g/mol. The molecule has 0 saturated heterocycles. The molecule has 21 heavy (non-hydrogen) atoms. The minimum absolute atomic E-state index is 0.0549. The summed E-state index contributed by atoms with van der Waals surface area (Å²) < 4.78 is 9.91. The number of anilines is 2. The van der Waals surface area contributed by atoms with Crippen LogP contribution in [-0.2, 0) is 14.3 Å². The molecule has 2 amide bonds. The van der Waals surface area contributed by atoms with E-state index in [9.17, 15) is 9.59 Å². The van der Waals surface area contributed by atoms with Crippen LogP contribution in [0.3, 0.4) is 0 Å². The van der Waals surface area contributed by atoms with Gasteiger partial charge in [0, 0.05) is 13.2 Å². The molecule has 0 aliphatic heterocycles. The van der Waals surface area contributed by atoms with Crippen LogP contribution < -0.4 is 15.4 Å². The molecule has 0 fully saturated rings. The zero-order valence-corrected chi connectivity index (χ0v) is 13.4. The van der Waals surface area contributed by atoms with Crippen molar-refractivity contribution in [2.75, 3.05) is 37.7 Å². The lowest BCUT2D eigenvalue weighted by atomic mass is 10.2. The normalized spacial score (nSPS) is 11.6. The highest BCUT2D eigenvalue weighted by molar-refractivity contribution is 7.99. The molecule has 0 aliphatic carbocycles. The molecule has 0 aliphatic rings. The van der Waals surface area contributed by atoms with Gasteiger partial charge in [0.15, 0.2) is 0 Å². The van der Waals surface area contributed by atoms with E-state index >= 15 is 0 Å². The SMILES string of the molecule is COCC(=O)Nc1ccc(OC)cc1NC(=O)C(C)SC. The minimum Gasteiger partial charge on any atom is -0.497 e. The number of methoxy groups -OCH3 is 2. The van der Waals surface area contributed by atoms with Gasteiger partial charge in [-0.25, -0.2) is 0 Å². The number of carbonyl (C=O) groups is 2. The fourth-order valence-electron chi connectivity index (χ4n) is 1.52. The minimum atomic E-state index is -0.295. The van der Waals surface area contributed by atoms with Crippen LogP contribution in [0.15, 0.2) is 18.2 Å². The van der Waals surface area contributed by atoms with Gasteiger partial charge in [0.2, 0.25) is 11.8 Å². The largest absolute Gasteiger partial charge is 0.497 e. The molecule has 1 unspecified atom stereocenters. The van der Waals surface area contributed by atoms with Crippen molar-refractivity contribution < 1.29 is 19.1 Å². The first-order chi connectivity index (χ1) is 10.0. The van der Waals surface area contributed by atoms with E-state index in [4.69, 9.17) is 9.47 Å². The van der Waals surface area contributed by atoms with E-state index < -0.39 is 0 Å². The second-order valence-electron chi connectivity index (χ2n) is 4.26. The van der Waals surface area contributed by atoms with Gasteiger partial charge in [-0.3, -0.25) is 9.59 Å². The standard InChI is InChI=1S/C14H20N2O4S/c1-9(21-4)14(18)16-12-7-10(20-3)5-6-11(12)15-13(17)8-19-2/h5-7,9H,8H2,1-4H3,(H,15,17)(H,16,18). The lowest BCUT2D eigenvalue weighted by molar-refractivity contribution is -0.119. The van der Waals surface area contributed by atoms with Gasteiger partial charge in [-0.2, -0.15) is 11.8 Å². The summed E-state index contributed by atoms with van der Waals surface area (Å²) in [7, 11) is 2.98. The summed E-state index contributed by atoms with van der Waals surface area (Å²) in [6.07, 6.45) is 1.86. The maximum Gasteiger partial charge on any atom is 0.250 e. The third kappa shape index (κ3) is 5.28. The lowest BCUT2D eigenvalue weighted by Crippen LogP contribution is -2.24.